The summed E-state index contributed by atoms with van der Waals surface area (Å²) in [6.07, 6.45) is 0.307. The third kappa shape index (κ3) is 4.83. The highest BCUT2D eigenvalue weighted by atomic mass is 32.2. The van der Waals surface area contributed by atoms with Crippen molar-refractivity contribution in [3.05, 3.63) is 88.0 Å². The maximum absolute atomic E-state index is 14.2. The van der Waals surface area contributed by atoms with Gasteiger partial charge in [-0.3, -0.25) is 4.79 Å². The summed E-state index contributed by atoms with van der Waals surface area (Å²) in [6.45, 7) is 10.1. The molecule has 3 aromatic carbocycles. The van der Waals surface area contributed by atoms with Crippen LogP contribution < -0.4 is 10.1 Å². The van der Waals surface area contributed by atoms with E-state index in [9.17, 15) is 13.2 Å². The Morgan fingerprint density at radius 3 is 2.17 bits per heavy atom. The number of hydrogen-bond donors (Lipinski definition) is 1. The summed E-state index contributed by atoms with van der Waals surface area (Å²) < 4.78 is 35.2. The number of benzene rings is 3. The third-order valence-electron chi connectivity index (χ3n) is 6.80. The van der Waals surface area contributed by atoms with E-state index in [1.54, 1.807) is 24.3 Å². The Hall–Kier alpha value is -3.16. The lowest BCUT2D eigenvalue weighted by molar-refractivity contribution is -0.120. The van der Waals surface area contributed by atoms with E-state index < -0.39 is 16.1 Å². The lowest BCUT2D eigenvalue weighted by atomic mass is 9.95. The molecular formula is C28H32N2O4S. The SMILES string of the molecule is CCOc1ccc(NC(=O)[C@H]2Cc3ccccc3CN2S(=O)(=O)c2c(C)c(C)cc(C)c2C)cc1. The molecule has 1 N–H and O–H groups in total. The summed E-state index contributed by atoms with van der Waals surface area (Å²) in [7, 11) is -3.96. The summed E-state index contributed by atoms with van der Waals surface area (Å²) in [5, 5.41) is 2.92. The molecule has 0 bridgehead atoms. The summed E-state index contributed by atoms with van der Waals surface area (Å²) in [4.78, 5) is 13.8. The number of ether oxygens (including phenoxy) is 1. The lowest BCUT2D eigenvalue weighted by Gasteiger charge is -2.36. The fraction of sp³-hybridized carbons (Fsp3) is 0.321. The molecule has 3 aromatic rings. The second kappa shape index (κ2) is 9.84. The van der Waals surface area contributed by atoms with Crippen LogP contribution in [0.25, 0.3) is 0 Å². The quantitative estimate of drug-likeness (QED) is 0.521. The minimum atomic E-state index is -3.96. The molecule has 1 aliphatic rings. The second-order valence-corrected chi connectivity index (χ2v) is 10.9. The van der Waals surface area contributed by atoms with Crippen molar-refractivity contribution < 1.29 is 17.9 Å². The number of nitrogens with zero attached hydrogens (tertiary/aromatic N) is 1. The maximum Gasteiger partial charge on any atom is 0.244 e. The smallest absolute Gasteiger partial charge is 0.244 e. The number of anilines is 1. The molecule has 0 saturated heterocycles. The second-order valence-electron chi connectivity index (χ2n) is 9.08. The molecule has 1 atom stereocenters. The van der Waals surface area contributed by atoms with Crippen LogP contribution in [0.3, 0.4) is 0 Å². The van der Waals surface area contributed by atoms with E-state index in [-0.39, 0.29) is 12.5 Å². The molecule has 0 saturated carbocycles. The first-order valence-corrected chi connectivity index (χ1v) is 13.3. The molecule has 7 heteroatoms. The van der Waals surface area contributed by atoms with E-state index in [0.717, 1.165) is 33.4 Å². The molecule has 0 fully saturated rings. The Morgan fingerprint density at radius 1 is 0.971 bits per heavy atom. The van der Waals surface area contributed by atoms with Crippen molar-refractivity contribution in [2.75, 3.05) is 11.9 Å². The first-order valence-electron chi connectivity index (χ1n) is 11.8. The van der Waals surface area contributed by atoms with E-state index in [1.165, 1.54) is 4.31 Å². The van der Waals surface area contributed by atoms with Gasteiger partial charge in [-0.1, -0.05) is 30.3 Å². The van der Waals surface area contributed by atoms with Gasteiger partial charge in [0.05, 0.1) is 11.5 Å². The largest absolute Gasteiger partial charge is 0.494 e. The number of amides is 1. The number of sulfonamides is 1. The summed E-state index contributed by atoms with van der Waals surface area (Å²) in [5.74, 6) is 0.356. The highest BCUT2D eigenvalue weighted by Crippen LogP contribution is 2.34. The Bertz CT molecular complexity index is 1340. The van der Waals surface area contributed by atoms with Crippen LogP contribution in [0.1, 0.15) is 40.3 Å². The fourth-order valence-corrected chi connectivity index (χ4v) is 6.83. The molecule has 0 spiro atoms. The number of nitrogens with one attached hydrogen (secondary N) is 1. The zero-order chi connectivity index (χ0) is 25.3. The van der Waals surface area contributed by atoms with Gasteiger partial charge in [-0.15, -0.1) is 0 Å². The standard InChI is InChI=1S/C28H32N2O4S/c1-6-34-25-13-11-24(12-14-25)29-28(31)26-16-22-9-7-8-10-23(22)17-30(26)35(32,33)27-20(4)18(2)15-19(3)21(27)5/h7-15,26H,6,16-17H2,1-5H3,(H,29,31)/t26-/m1/s1. The number of carbonyl (C=O) groups is 1. The van der Waals surface area contributed by atoms with Crippen molar-refractivity contribution in [3.63, 3.8) is 0 Å². The number of rotatable bonds is 6. The zero-order valence-corrected chi connectivity index (χ0v) is 21.7. The van der Waals surface area contributed by atoms with E-state index >= 15 is 0 Å². The van der Waals surface area contributed by atoms with Crippen LogP contribution in [0.15, 0.2) is 59.5 Å². The molecule has 6 nitrogen and oxygen atoms in total. The van der Waals surface area contributed by atoms with Crippen molar-refractivity contribution in [2.24, 2.45) is 0 Å². The lowest BCUT2D eigenvalue weighted by Crippen LogP contribution is -2.50. The minimum Gasteiger partial charge on any atom is -0.494 e. The molecule has 1 aliphatic heterocycles. The van der Waals surface area contributed by atoms with Gasteiger partial charge in [-0.25, -0.2) is 8.42 Å². The van der Waals surface area contributed by atoms with Crippen LogP contribution >= 0.6 is 0 Å². The predicted molar refractivity (Wildman–Crippen MR) is 138 cm³/mol. The fourth-order valence-electron chi connectivity index (χ4n) is 4.69. The topological polar surface area (TPSA) is 75.7 Å². The molecule has 1 amide bonds. The van der Waals surface area contributed by atoms with Crippen molar-refractivity contribution in [1.82, 2.24) is 4.31 Å². The normalized spacial score (nSPS) is 16.0. The average molecular weight is 493 g/mol. The minimum absolute atomic E-state index is 0.145. The molecule has 0 radical (unpaired) electrons. The molecule has 35 heavy (non-hydrogen) atoms. The van der Waals surface area contributed by atoms with Crippen LogP contribution in [-0.4, -0.2) is 31.3 Å². The van der Waals surface area contributed by atoms with Crippen LogP contribution in [-0.2, 0) is 27.8 Å². The van der Waals surface area contributed by atoms with E-state index in [1.807, 2.05) is 65.0 Å². The van der Waals surface area contributed by atoms with Crippen molar-refractivity contribution in [1.29, 1.82) is 0 Å². The zero-order valence-electron chi connectivity index (χ0n) is 20.9. The van der Waals surface area contributed by atoms with Gasteiger partial charge < -0.3 is 10.1 Å². The Labute approximate surface area is 208 Å². The number of fused-ring (bicyclic) bond motifs is 1. The van der Waals surface area contributed by atoms with E-state index in [4.69, 9.17) is 4.74 Å². The van der Waals surface area contributed by atoms with Gasteiger partial charge in [0.2, 0.25) is 15.9 Å². The first-order chi connectivity index (χ1) is 16.6. The molecular weight excluding hydrogens is 460 g/mol. The van der Waals surface area contributed by atoms with Gasteiger partial charge in [0.25, 0.3) is 0 Å². The molecule has 0 aliphatic carbocycles. The monoisotopic (exact) mass is 492 g/mol. The van der Waals surface area contributed by atoms with Crippen molar-refractivity contribution >= 4 is 21.6 Å². The molecule has 1 heterocycles. The van der Waals surface area contributed by atoms with Gasteiger partial charge in [0.1, 0.15) is 11.8 Å². The van der Waals surface area contributed by atoms with E-state index in [2.05, 4.69) is 5.32 Å². The Balaban J connectivity index is 1.74. The van der Waals surface area contributed by atoms with Crippen LogP contribution in [0.5, 0.6) is 5.75 Å². The first kappa shape index (κ1) is 24.9. The van der Waals surface area contributed by atoms with E-state index in [0.29, 0.717) is 29.4 Å². The highest BCUT2D eigenvalue weighted by Gasteiger charge is 2.41. The summed E-state index contributed by atoms with van der Waals surface area (Å²) in [5.41, 5.74) is 5.77. The number of carbonyl (C=O) groups excluding carboxylic acids is 1. The number of aryl methyl sites for hydroxylation is 2. The third-order valence-corrected chi connectivity index (χ3v) is 8.93. The number of hydrogen-bond acceptors (Lipinski definition) is 4. The van der Waals surface area contributed by atoms with Crippen molar-refractivity contribution in [3.8, 4) is 5.75 Å². The molecule has 0 unspecified atom stereocenters. The van der Waals surface area contributed by atoms with Crippen LogP contribution in [0.2, 0.25) is 0 Å². The molecule has 0 aromatic heterocycles. The van der Waals surface area contributed by atoms with Gasteiger partial charge in [0, 0.05) is 12.2 Å². The Morgan fingerprint density at radius 2 is 1.57 bits per heavy atom. The maximum atomic E-state index is 14.2. The van der Waals surface area contributed by atoms with Crippen LogP contribution in [0, 0.1) is 27.7 Å². The molecule has 184 valence electrons. The van der Waals surface area contributed by atoms with Crippen molar-refractivity contribution in [2.45, 2.75) is 58.5 Å². The summed E-state index contributed by atoms with van der Waals surface area (Å²) >= 11 is 0. The van der Waals surface area contributed by atoms with Gasteiger partial charge >= 0.3 is 0 Å². The molecule has 4 rings (SSSR count). The van der Waals surface area contributed by atoms with Gasteiger partial charge in [-0.05, 0) is 98.7 Å². The Kier molecular flexibility index (Phi) is 7.01. The predicted octanol–water partition coefficient (Wildman–Crippen LogP) is 5.07. The van der Waals surface area contributed by atoms with Crippen LogP contribution in [0.4, 0.5) is 5.69 Å². The van der Waals surface area contributed by atoms with Gasteiger partial charge in [-0.2, -0.15) is 4.31 Å². The van der Waals surface area contributed by atoms with Gasteiger partial charge in [0.15, 0.2) is 0 Å². The summed E-state index contributed by atoms with van der Waals surface area (Å²) in [6, 6.07) is 15.9. The highest BCUT2D eigenvalue weighted by molar-refractivity contribution is 7.89. The average Bonchev–Trinajstić information content (AvgIpc) is 2.83.